The predicted molar refractivity (Wildman–Crippen MR) is 97.6 cm³/mol. The number of hydrazine groups is 1. The highest BCUT2D eigenvalue weighted by Gasteiger charge is 2.10. The Morgan fingerprint density at radius 2 is 1.84 bits per heavy atom. The molecule has 2 rings (SSSR count). The first-order valence-corrected chi connectivity index (χ1v) is 8.53. The molecule has 0 radical (unpaired) electrons. The van der Waals surface area contributed by atoms with Crippen molar-refractivity contribution >= 4 is 34.7 Å². The molecule has 0 aliphatic carbocycles. The lowest BCUT2D eigenvalue weighted by molar-refractivity contribution is -0.121. The van der Waals surface area contributed by atoms with Crippen LogP contribution in [0.1, 0.15) is 26.5 Å². The zero-order valence-corrected chi connectivity index (χ0v) is 14.9. The van der Waals surface area contributed by atoms with Crippen LogP contribution in [-0.2, 0) is 4.79 Å². The Morgan fingerprint density at radius 3 is 2.52 bits per heavy atom. The van der Waals surface area contributed by atoms with Gasteiger partial charge in [0.1, 0.15) is 0 Å². The Morgan fingerprint density at radius 1 is 1.04 bits per heavy atom. The fourth-order valence-electron chi connectivity index (χ4n) is 1.97. The summed E-state index contributed by atoms with van der Waals surface area (Å²) in [4.78, 5) is 38.0. The molecule has 0 unspecified atom stereocenters. The minimum absolute atomic E-state index is 0.0646. The summed E-state index contributed by atoms with van der Waals surface area (Å²) in [6, 6.07) is 10.5. The van der Waals surface area contributed by atoms with Crippen molar-refractivity contribution in [2.24, 2.45) is 0 Å². The number of carbonyl (C=O) groups excluding carboxylic acids is 3. The third-order valence-electron chi connectivity index (χ3n) is 3.32. The molecule has 7 nitrogen and oxygen atoms in total. The van der Waals surface area contributed by atoms with Gasteiger partial charge in [0.15, 0.2) is 0 Å². The maximum absolute atomic E-state index is 12.0. The molecule has 0 saturated heterocycles. The number of thiophene rings is 1. The Kier molecular flexibility index (Phi) is 6.53. The Labute approximate surface area is 150 Å². The Balaban J connectivity index is 1.73. The zero-order valence-electron chi connectivity index (χ0n) is 14.0. The summed E-state index contributed by atoms with van der Waals surface area (Å²) >= 11 is 1.33. The molecule has 0 atom stereocenters. The van der Waals surface area contributed by atoms with E-state index in [0.29, 0.717) is 10.4 Å². The highest BCUT2D eigenvalue weighted by molar-refractivity contribution is 7.12. The van der Waals surface area contributed by atoms with Crippen LogP contribution in [0, 0.1) is 0 Å². The van der Waals surface area contributed by atoms with Crippen LogP contribution in [0.25, 0.3) is 0 Å². The van der Waals surface area contributed by atoms with Gasteiger partial charge in [0.25, 0.3) is 11.8 Å². The summed E-state index contributed by atoms with van der Waals surface area (Å²) in [7, 11) is 3.76. The SMILES string of the molecule is CN(C)c1cccc(C(=O)NNC(=O)CCNC(=O)c2cccs2)c1. The molecule has 2 aromatic rings. The Hall–Kier alpha value is -2.87. The lowest BCUT2D eigenvalue weighted by Gasteiger charge is -2.13. The monoisotopic (exact) mass is 360 g/mol. The van der Waals surface area contributed by atoms with E-state index in [9.17, 15) is 14.4 Å². The maximum Gasteiger partial charge on any atom is 0.269 e. The van der Waals surface area contributed by atoms with Crippen LogP contribution < -0.4 is 21.1 Å². The normalized spacial score (nSPS) is 10.0. The van der Waals surface area contributed by atoms with E-state index in [1.807, 2.05) is 30.4 Å². The van der Waals surface area contributed by atoms with Crippen molar-refractivity contribution in [1.82, 2.24) is 16.2 Å². The molecule has 8 heteroatoms. The summed E-state index contributed by atoms with van der Waals surface area (Å²) in [6.07, 6.45) is 0.0646. The number of hydrogen-bond acceptors (Lipinski definition) is 5. The minimum atomic E-state index is -0.403. The van der Waals surface area contributed by atoms with Gasteiger partial charge >= 0.3 is 0 Å². The van der Waals surface area contributed by atoms with E-state index in [1.54, 1.807) is 30.3 Å². The van der Waals surface area contributed by atoms with E-state index in [0.717, 1.165) is 5.69 Å². The highest BCUT2D eigenvalue weighted by atomic mass is 32.1. The third-order valence-corrected chi connectivity index (χ3v) is 4.19. The van der Waals surface area contributed by atoms with Crippen LogP contribution in [0.3, 0.4) is 0 Å². The van der Waals surface area contributed by atoms with Crippen molar-refractivity contribution in [2.45, 2.75) is 6.42 Å². The Bertz CT molecular complexity index is 744. The summed E-state index contributed by atoms with van der Waals surface area (Å²) in [5.41, 5.74) is 6.03. The van der Waals surface area contributed by atoms with E-state index >= 15 is 0 Å². The molecular weight excluding hydrogens is 340 g/mol. The summed E-state index contributed by atoms with van der Waals surface area (Å²) in [6.45, 7) is 0.189. The second-order valence-electron chi connectivity index (χ2n) is 5.43. The van der Waals surface area contributed by atoms with Crippen molar-refractivity contribution in [1.29, 1.82) is 0 Å². The molecule has 25 heavy (non-hydrogen) atoms. The summed E-state index contributed by atoms with van der Waals surface area (Å²) < 4.78 is 0. The van der Waals surface area contributed by atoms with Crippen molar-refractivity contribution in [2.75, 3.05) is 25.5 Å². The van der Waals surface area contributed by atoms with Crippen molar-refractivity contribution < 1.29 is 14.4 Å². The first-order chi connectivity index (χ1) is 12.0. The van der Waals surface area contributed by atoms with Crippen LogP contribution in [0.2, 0.25) is 0 Å². The van der Waals surface area contributed by atoms with Crippen LogP contribution in [0.15, 0.2) is 41.8 Å². The first kappa shape index (κ1) is 18.5. The van der Waals surface area contributed by atoms with E-state index in [1.165, 1.54) is 11.3 Å². The van der Waals surface area contributed by atoms with Gasteiger partial charge in [-0.15, -0.1) is 11.3 Å². The molecule has 132 valence electrons. The van der Waals surface area contributed by atoms with Gasteiger partial charge in [0.2, 0.25) is 5.91 Å². The van der Waals surface area contributed by atoms with Crippen LogP contribution in [-0.4, -0.2) is 38.4 Å². The van der Waals surface area contributed by atoms with Gasteiger partial charge in [0, 0.05) is 38.3 Å². The summed E-state index contributed by atoms with van der Waals surface area (Å²) in [5, 5.41) is 4.46. The lowest BCUT2D eigenvalue weighted by atomic mass is 10.2. The third kappa shape index (κ3) is 5.61. The van der Waals surface area contributed by atoms with E-state index < -0.39 is 5.91 Å². The van der Waals surface area contributed by atoms with Crippen LogP contribution >= 0.6 is 11.3 Å². The number of anilines is 1. The topological polar surface area (TPSA) is 90.5 Å². The average Bonchev–Trinajstić information content (AvgIpc) is 3.14. The highest BCUT2D eigenvalue weighted by Crippen LogP contribution is 2.13. The molecule has 3 N–H and O–H groups in total. The molecular formula is C17H20N4O3S. The first-order valence-electron chi connectivity index (χ1n) is 7.65. The van der Waals surface area contributed by atoms with Gasteiger partial charge in [-0.2, -0.15) is 0 Å². The smallest absolute Gasteiger partial charge is 0.269 e. The quantitative estimate of drug-likeness (QED) is 0.679. The molecule has 0 bridgehead atoms. The zero-order chi connectivity index (χ0) is 18.2. The van der Waals surface area contributed by atoms with Gasteiger partial charge in [-0.05, 0) is 29.6 Å². The summed E-state index contributed by atoms with van der Waals surface area (Å²) in [5.74, 6) is -1.00. The molecule has 1 heterocycles. The molecule has 0 aliphatic rings. The molecule has 0 spiro atoms. The van der Waals surface area contributed by atoms with Crippen molar-refractivity contribution in [3.63, 3.8) is 0 Å². The maximum atomic E-state index is 12.0. The van der Waals surface area contributed by atoms with E-state index in [-0.39, 0.29) is 24.8 Å². The van der Waals surface area contributed by atoms with Gasteiger partial charge in [0.05, 0.1) is 4.88 Å². The largest absolute Gasteiger partial charge is 0.378 e. The average molecular weight is 360 g/mol. The molecule has 1 aromatic carbocycles. The molecule has 3 amide bonds. The van der Waals surface area contributed by atoms with E-state index in [4.69, 9.17) is 0 Å². The fourth-order valence-corrected chi connectivity index (χ4v) is 2.61. The number of nitrogens with zero attached hydrogens (tertiary/aromatic N) is 1. The number of nitrogens with one attached hydrogen (secondary N) is 3. The number of carbonyl (C=O) groups is 3. The fraction of sp³-hybridized carbons (Fsp3) is 0.235. The second kappa shape index (κ2) is 8.84. The molecule has 0 fully saturated rings. The lowest BCUT2D eigenvalue weighted by Crippen LogP contribution is -2.42. The van der Waals surface area contributed by atoms with Gasteiger partial charge < -0.3 is 10.2 Å². The van der Waals surface area contributed by atoms with Crippen LogP contribution in [0.4, 0.5) is 5.69 Å². The van der Waals surface area contributed by atoms with Crippen LogP contribution in [0.5, 0.6) is 0 Å². The molecule has 0 saturated carbocycles. The second-order valence-corrected chi connectivity index (χ2v) is 6.38. The molecule has 0 aliphatic heterocycles. The minimum Gasteiger partial charge on any atom is -0.378 e. The van der Waals surface area contributed by atoms with Crippen molar-refractivity contribution in [3.05, 3.63) is 52.2 Å². The van der Waals surface area contributed by atoms with E-state index in [2.05, 4.69) is 16.2 Å². The van der Waals surface area contributed by atoms with Gasteiger partial charge in [-0.1, -0.05) is 12.1 Å². The molecule has 1 aromatic heterocycles. The van der Waals surface area contributed by atoms with Gasteiger partial charge in [-0.25, -0.2) is 0 Å². The predicted octanol–water partition coefficient (Wildman–Crippen LogP) is 1.40. The number of rotatable bonds is 6. The van der Waals surface area contributed by atoms with Gasteiger partial charge in [-0.3, -0.25) is 25.2 Å². The standard InChI is InChI=1S/C17H20N4O3S/c1-21(2)13-6-3-5-12(11-13)16(23)20-19-15(22)8-9-18-17(24)14-7-4-10-25-14/h3-7,10-11H,8-9H2,1-2H3,(H,18,24)(H,19,22)(H,20,23). The number of benzene rings is 1. The number of hydrogen-bond donors (Lipinski definition) is 3. The van der Waals surface area contributed by atoms with Crippen molar-refractivity contribution in [3.8, 4) is 0 Å². The number of amides is 3.